The SMILES string of the molecule is CCCCC(=O)Nc1ccc(-n2c(C)nc3ccccc3c2=O)cc1OC. The number of aromatic nitrogens is 2. The van der Waals surface area contributed by atoms with Crippen molar-refractivity contribution >= 4 is 22.5 Å². The molecule has 6 nitrogen and oxygen atoms in total. The van der Waals surface area contributed by atoms with E-state index in [1.165, 1.54) is 7.11 Å². The number of rotatable bonds is 6. The summed E-state index contributed by atoms with van der Waals surface area (Å²) < 4.78 is 6.98. The number of anilines is 1. The number of hydrogen-bond acceptors (Lipinski definition) is 4. The minimum atomic E-state index is -0.139. The van der Waals surface area contributed by atoms with Crippen LogP contribution in [0.3, 0.4) is 0 Å². The highest BCUT2D eigenvalue weighted by Gasteiger charge is 2.13. The summed E-state index contributed by atoms with van der Waals surface area (Å²) in [5.41, 5.74) is 1.75. The van der Waals surface area contributed by atoms with Gasteiger partial charge in [0.25, 0.3) is 5.56 Å². The maximum atomic E-state index is 12.9. The molecule has 3 rings (SSSR count). The molecule has 0 spiro atoms. The van der Waals surface area contributed by atoms with E-state index in [1.54, 1.807) is 35.8 Å². The number of para-hydroxylation sites is 1. The molecule has 0 saturated carbocycles. The first-order valence-corrected chi connectivity index (χ1v) is 9.01. The lowest BCUT2D eigenvalue weighted by atomic mass is 10.2. The highest BCUT2D eigenvalue weighted by Crippen LogP contribution is 2.27. The number of benzene rings is 2. The largest absolute Gasteiger partial charge is 0.494 e. The van der Waals surface area contributed by atoms with Gasteiger partial charge in [0.2, 0.25) is 5.91 Å². The third kappa shape index (κ3) is 3.84. The van der Waals surface area contributed by atoms with Crippen molar-refractivity contribution in [3.8, 4) is 11.4 Å². The minimum absolute atomic E-state index is 0.0522. The van der Waals surface area contributed by atoms with E-state index in [2.05, 4.69) is 10.3 Å². The molecule has 0 aliphatic heterocycles. The quantitative estimate of drug-likeness (QED) is 0.720. The van der Waals surface area contributed by atoms with E-state index in [0.29, 0.717) is 40.3 Å². The second-order valence-electron chi connectivity index (χ2n) is 6.35. The molecule has 0 saturated heterocycles. The lowest BCUT2D eigenvalue weighted by Crippen LogP contribution is -2.22. The third-order valence-corrected chi connectivity index (χ3v) is 4.42. The molecular weight excluding hydrogens is 342 g/mol. The normalized spacial score (nSPS) is 10.8. The number of methoxy groups -OCH3 is 1. The van der Waals surface area contributed by atoms with Gasteiger partial charge in [-0.15, -0.1) is 0 Å². The fourth-order valence-electron chi connectivity index (χ4n) is 3.02. The number of amides is 1. The van der Waals surface area contributed by atoms with Gasteiger partial charge in [0.05, 0.1) is 29.4 Å². The van der Waals surface area contributed by atoms with Gasteiger partial charge >= 0.3 is 0 Å². The maximum Gasteiger partial charge on any atom is 0.265 e. The molecule has 0 fully saturated rings. The van der Waals surface area contributed by atoms with Crippen molar-refractivity contribution in [2.45, 2.75) is 33.1 Å². The fourth-order valence-corrected chi connectivity index (χ4v) is 3.02. The Labute approximate surface area is 157 Å². The second-order valence-corrected chi connectivity index (χ2v) is 6.35. The fraction of sp³-hybridized carbons (Fsp3) is 0.286. The van der Waals surface area contributed by atoms with Crippen LogP contribution in [0.5, 0.6) is 5.75 Å². The Morgan fingerprint density at radius 3 is 2.74 bits per heavy atom. The van der Waals surface area contributed by atoms with Crippen LogP contribution in [-0.2, 0) is 4.79 Å². The number of fused-ring (bicyclic) bond motifs is 1. The number of nitrogens with one attached hydrogen (secondary N) is 1. The van der Waals surface area contributed by atoms with E-state index in [1.807, 2.05) is 25.1 Å². The van der Waals surface area contributed by atoms with Crippen LogP contribution in [0.25, 0.3) is 16.6 Å². The monoisotopic (exact) mass is 365 g/mol. The number of ether oxygens (including phenoxy) is 1. The molecule has 0 atom stereocenters. The van der Waals surface area contributed by atoms with Gasteiger partial charge in [0, 0.05) is 12.5 Å². The van der Waals surface area contributed by atoms with Gasteiger partial charge in [-0.25, -0.2) is 4.98 Å². The van der Waals surface area contributed by atoms with E-state index >= 15 is 0 Å². The number of aryl methyl sites for hydroxylation is 1. The highest BCUT2D eigenvalue weighted by atomic mass is 16.5. The van der Waals surface area contributed by atoms with Gasteiger partial charge in [0.15, 0.2) is 0 Å². The lowest BCUT2D eigenvalue weighted by molar-refractivity contribution is -0.116. The van der Waals surface area contributed by atoms with Crippen LogP contribution in [-0.4, -0.2) is 22.6 Å². The Kier molecular flexibility index (Phi) is 5.54. The molecule has 3 aromatic rings. The molecule has 6 heteroatoms. The van der Waals surface area contributed by atoms with Crippen LogP contribution >= 0.6 is 0 Å². The van der Waals surface area contributed by atoms with Crippen molar-refractivity contribution in [3.63, 3.8) is 0 Å². The molecular formula is C21H23N3O3. The predicted molar refractivity (Wildman–Crippen MR) is 107 cm³/mol. The van der Waals surface area contributed by atoms with Gasteiger partial charge < -0.3 is 10.1 Å². The van der Waals surface area contributed by atoms with E-state index in [0.717, 1.165) is 12.8 Å². The second kappa shape index (κ2) is 8.03. The summed E-state index contributed by atoms with van der Waals surface area (Å²) in [6.45, 7) is 3.83. The van der Waals surface area contributed by atoms with Crippen molar-refractivity contribution in [2.75, 3.05) is 12.4 Å². The molecule has 2 aromatic carbocycles. The summed E-state index contributed by atoms with van der Waals surface area (Å²) in [7, 11) is 1.54. The number of carbonyl (C=O) groups is 1. The molecule has 140 valence electrons. The highest BCUT2D eigenvalue weighted by molar-refractivity contribution is 5.92. The molecule has 1 N–H and O–H groups in total. The predicted octanol–water partition coefficient (Wildman–Crippen LogP) is 3.83. The van der Waals surface area contributed by atoms with Crippen LogP contribution in [0.1, 0.15) is 32.0 Å². The first-order chi connectivity index (χ1) is 13.0. The Hall–Kier alpha value is -3.15. The van der Waals surface area contributed by atoms with Crippen LogP contribution < -0.4 is 15.6 Å². The molecule has 0 aliphatic carbocycles. The number of carbonyl (C=O) groups excluding carboxylic acids is 1. The summed E-state index contributed by atoms with van der Waals surface area (Å²) in [5.74, 6) is 1.03. The van der Waals surface area contributed by atoms with Gasteiger partial charge in [-0.3, -0.25) is 14.2 Å². The molecule has 1 amide bonds. The first-order valence-electron chi connectivity index (χ1n) is 9.01. The third-order valence-electron chi connectivity index (χ3n) is 4.42. The lowest BCUT2D eigenvalue weighted by Gasteiger charge is -2.15. The van der Waals surface area contributed by atoms with E-state index in [-0.39, 0.29) is 11.5 Å². The van der Waals surface area contributed by atoms with Crippen molar-refractivity contribution in [1.82, 2.24) is 9.55 Å². The summed E-state index contributed by atoms with van der Waals surface area (Å²) in [5, 5.41) is 3.42. The zero-order valence-corrected chi connectivity index (χ0v) is 15.8. The van der Waals surface area contributed by atoms with Crippen molar-refractivity contribution in [3.05, 3.63) is 58.6 Å². The summed E-state index contributed by atoms with van der Waals surface area (Å²) >= 11 is 0. The Bertz CT molecular complexity index is 1040. The summed E-state index contributed by atoms with van der Waals surface area (Å²) in [6, 6.07) is 12.5. The van der Waals surface area contributed by atoms with E-state index in [9.17, 15) is 9.59 Å². The summed E-state index contributed by atoms with van der Waals surface area (Å²) in [6.07, 6.45) is 2.26. The van der Waals surface area contributed by atoms with Gasteiger partial charge in [-0.05, 0) is 37.6 Å². The van der Waals surface area contributed by atoms with Crippen molar-refractivity contribution < 1.29 is 9.53 Å². The smallest absolute Gasteiger partial charge is 0.265 e. The first kappa shape index (κ1) is 18.6. The van der Waals surface area contributed by atoms with Gasteiger partial charge in [-0.2, -0.15) is 0 Å². The van der Waals surface area contributed by atoms with E-state index < -0.39 is 0 Å². The Morgan fingerprint density at radius 1 is 1.22 bits per heavy atom. The molecule has 0 unspecified atom stereocenters. The zero-order valence-electron chi connectivity index (χ0n) is 15.8. The molecule has 27 heavy (non-hydrogen) atoms. The molecule has 1 heterocycles. The average molecular weight is 365 g/mol. The van der Waals surface area contributed by atoms with Gasteiger partial charge in [-0.1, -0.05) is 25.5 Å². The van der Waals surface area contributed by atoms with Gasteiger partial charge in [0.1, 0.15) is 11.6 Å². The number of hydrogen-bond donors (Lipinski definition) is 1. The maximum absolute atomic E-state index is 12.9. The van der Waals surface area contributed by atoms with Crippen molar-refractivity contribution in [2.24, 2.45) is 0 Å². The molecule has 1 aromatic heterocycles. The topological polar surface area (TPSA) is 73.2 Å². The molecule has 0 bridgehead atoms. The zero-order chi connectivity index (χ0) is 19.4. The average Bonchev–Trinajstić information content (AvgIpc) is 2.67. The van der Waals surface area contributed by atoms with Crippen LogP contribution in [0.15, 0.2) is 47.3 Å². The Balaban J connectivity index is 2.02. The molecule has 0 radical (unpaired) electrons. The number of nitrogens with zero attached hydrogens (tertiary/aromatic N) is 2. The standard InChI is InChI=1S/C21H23N3O3/c1-4-5-10-20(25)23-18-12-11-15(13-19(18)27-3)24-14(2)22-17-9-7-6-8-16(17)21(24)26/h6-9,11-13H,4-5,10H2,1-3H3,(H,23,25). The Morgan fingerprint density at radius 2 is 2.00 bits per heavy atom. The minimum Gasteiger partial charge on any atom is -0.494 e. The van der Waals surface area contributed by atoms with Crippen LogP contribution in [0.2, 0.25) is 0 Å². The number of unbranched alkanes of at least 4 members (excludes halogenated alkanes) is 1. The van der Waals surface area contributed by atoms with Crippen molar-refractivity contribution in [1.29, 1.82) is 0 Å². The van der Waals surface area contributed by atoms with Crippen LogP contribution in [0.4, 0.5) is 5.69 Å². The summed E-state index contributed by atoms with van der Waals surface area (Å²) in [4.78, 5) is 29.5. The molecule has 0 aliphatic rings. The van der Waals surface area contributed by atoms with Crippen LogP contribution in [0, 0.1) is 6.92 Å². The van der Waals surface area contributed by atoms with E-state index in [4.69, 9.17) is 4.74 Å².